The molecule has 20 heavy (non-hydrogen) atoms. The van der Waals surface area contributed by atoms with Crippen molar-refractivity contribution in [2.24, 2.45) is 0 Å². The second-order valence-electron chi connectivity index (χ2n) is 4.29. The number of nitrogens with one attached hydrogen (secondary N) is 1. The van der Waals surface area contributed by atoms with Crippen LogP contribution in [0, 0.1) is 9.39 Å². The first kappa shape index (κ1) is 15.1. The van der Waals surface area contributed by atoms with Crippen LogP contribution in [0.1, 0.15) is 11.7 Å². The third-order valence-electron chi connectivity index (χ3n) is 2.92. The van der Waals surface area contributed by atoms with E-state index in [9.17, 15) is 9.50 Å². The van der Waals surface area contributed by atoms with Gasteiger partial charge in [-0.2, -0.15) is 0 Å². The summed E-state index contributed by atoms with van der Waals surface area (Å²) in [6.07, 6.45) is -0.637. The zero-order valence-electron chi connectivity index (χ0n) is 10.9. The molecule has 0 saturated heterocycles. The molecule has 1 unspecified atom stereocenters. The van der Waals surface area contributed by atoms with Crippen LogP contribution in [0.25, 0.3) is 0 Å². The zero-order valence-corrected chi connectivity index (χ0v) is 13.1. The van der Waals surface area contributed by atoms with E-state index in [0.29, 0.717) is 6.54 Å². The van der Waals surface area contributed by atoms with Crippen molar-refractivity contribution >= 4 is 28.3 Å². The topological polar surface area (TPSA) is 41.5 Å². The number of methoxy groups -OCH3 is 1. The van der Waals surface area contributed by atoms with E-state index in [1.54, 1.807) is 25.3 Å². The summed E-state index contributed by atoms with van der Waals surface area (Å²) >= 11 is 2.06. The molecule has 5 heteroatoms. The third-order valence-corrected chi connectivity index (χ3v) is 3.81. The number of rotatable bonds is 5. The molecule has 0 saturated carbocycles. The molecule has 2 N–H and O–H groups in total. The maximum absolute atomic E-state index is 13.0. The van der Waals surface area contributed by atoms with Crippen LogP contribution in [0.15, 0.2) is 42.5 Å². The molecule has 0 aliphatic heterocycles. The van der Waals surface area contributed by atoms with Crippen molar-refractivity contribution in [3.8, 4) is 5.75 Å². The van der Waals surface area contributed by atoms with Crippen molar-refractivity contribution in [2.75, 3.05) is 19.0 Å². The Balaban J connectivity index is 1.98. The number of hydrogen-bond acceptors (Lipinski definition) is 3. The van der Waals surface area contributed by atoms with Gasteiger partial charge in [0.05, 0.1) is 13.2 Å². The lowest BCUT2D eigenvalue weighted by atomic mass is 10.1. The number of anilines is 1. The van der Waals surface area contributed by atoms with Crippen LogP contribution in [0.5, 0.6) is 5.75 Å². The summed E-state index contributed by atoms with van der Waals surface area (Å²) in [5, 5.41) is 13.2. The molecular weight excluding hydrogens is 372 g/mol. The molecule has 0 spiro atoms. The average molecular weight is 387 g/mol. The van der Waals surface area contributed by atoms with E-state index in [2.05, 4.69) is 27.9 Å². The molecule has 106 valence electrons. The van der Waals surface area contributed by atoms with Crippen LogP contribution < -0.4 is 10.1 Å². The van der Waals surface area contributed by atoms with Gasteiger partial charge in [-0.3, -0.25) is 0 Å². The summed E-state index contributed by atoms with van der Waals surface area (Å²) in [5.74, 6) is 0.484. The molecule has 0 aromatic heterocycles. The molecule has 0 heterocycles. The third kappa shape index (κ3) is 3.83. The number of aliphatic hydroxyl groups excluding tert-OH is 1. The molecule has 1 atom stereocenters. The van der Waals surface area contributed by atoms with Crippen molar-refractivity contribution in [1.82, 2.24) is 0 Å². The maximum atomic E-state index is 13.0. The number of hydrogen-bond donors (Lipinski definition) is 2. The van der Waals surface area contributed by atoms with Crippen LogP contribution in [0.3, 0.4) is 0 Å². The number of benzene rings is 2. The SMILES string of the molecule is COc1ccc(C(O)CNc2ccc(F)cc2I)cc1. The molecule has 0 bridgehead atoms. The zero-order chi connectivity index (χ0) is 14.5. The minimum Gasteiger partial charge on any atom is -0.497 e. The van der Waals surface area contributed by atoms with Gasteiger partial charge in [-0.25, -0.2) is 4.39 Å². The van der Waals surface area contributed by atoms with E-state index < -0.39 is 6.10 Å². The Labute approximate surface area is 130 Å². The van der Waals surface area contributed by atoms with Crippen LogP contribution in [0.4, 0.5) is 10.1 Å². The highest BCUT2D eigenvalue weighted by Crippen LogP contribution is 2.21. The van der Waals surface area contributed by atoms with E-state index in [1.807, 2.05) is 12.1 Å². The van der Waals surface area contributed by atoms with Gasteiger partial charge < -0.3 is 15.2 Å². The highest BCUT2D eigenvalue weighted by Gasteiger charge is 2.08. The van der Waals surface area contributed by atoms with Gasteiger partial charge in [-0.05, 0) is 58.5 Å². The van der Waals surface area contributed by atoms with Gasteiger partial charge in [0.25, 0.3) is 0 Å². The first-order chi connectivity index (χ1) is 9.60. The van der Waals surface area contributed by atoms with Gasteiger partial charge in [0, 0.05) is 15.8 Å². The van der Waals surface area contributed by atoms with E-state index >= 15 is 0 Å². The Morgan fingerprint density at radius 1 is 1.25 bits per heavy atom. The van der Waals surface area contributed by atoms with Gasteiger partial charge >= 0.3 is 0 Å². The van der Waals surface area contributed by atoms with Crippen molar-refractivity contribution in [3.63, 3.8) is 0 Å². The van der Waals surface area contributed by atoms with Crippen LogP contribution in [-0.4, -0.2) is 18.8 Å². The minimum absolute atomic E-state index is 0.268. The van der Waals surface area contributed by atoms with Gasteiger partial charge in [0.15, 0.2) is 0 Å². The Morgan fingerprint density at radius 3 is 2.55 bits per heavy atom. The van der Waals surface area contributed by atoms with Crippen LogP contribution >= 0.6 is 22.6 Å². The second-order valence-corrected chi connectivity index (χ2v) is 5.46. The second kappa shape index (κ2) is 6.90. The fraction of sp³-hybridized carbons (Fsp3) is 0.200. The lowest BCUT2D eigenvalue weighted by Crippen LogP contribution is -2.12. The highest BCUT2D eigenvalue weighted by molar-refractivity contribution is 14.1. The van der Waals surface area contributed by atoms with E-state index in [-0.39, 0.29) is 5.82 Å². The van der Waals surface area contributed by atoms with Crippen molar-refractivity contribution in [2.45, 2.75) is 6.10 Å². The Hall–Kier alpha value is -1.34. The predicted octanol–water partition coefficient (Wildman–Crippen LogP) is 3.58. The molecule has 0 radical (unpaired) electrons. The predicted molar refractivity (Wildman–Crippen MR) is 85.6 cm³/mol. The van der Waals surface area contributed by atoms with Crippen LogP contribution in [0.2, 0.25) is 0 Å². The van der Waals surface area contributed by atoms with Crippen molar-refractivity contribution in [3.05, 3.63) is 57.4 Å². The number of halogens is 2. The van der Waals surface area contributed by atoms with E-state index in [1.165, 1.54) is 12.1 Å². The van der Waals surface area contributed by atoms with Gasteiger partial charge in [0.1, 0.15) is 11.6 Å². The smallest absolute Gasteiger partial charge is 0.124 e. The summed E-state index contributed by atoms with van der Waals surface area (Å²) in [5.41, 5.74) is 1.61. The fourth-order valence-corrected chi connectivity index (χ4v) is 2.45. The van der Waals surface area contributed by atoms with Crippen molar-refractivity contribution < 1.29 is 14.2 Å². The largest absolute Gasteiger partial charge is 0.497 e. The quantitative estimate of drug-likeness (QED) is 0.771. The summed E-state index contributed by atoms with van der Waals surface area (Å²) < 4.78 is 18.8. The molecule has 0 aliphatic rings. The summed E-state index contributed by atoms with van der Waals surface area (Å²) in [6.45, 7) is 0.355. The lowest BCUT2D eigenvalue weighted by Gasteiger charge is -2.14. The van der Waals surface area contributed by atoms with Crippen molar-refractivity contribution in [1.29, 1.82) is 0 Å². The number of ether oxygens (including phenoxy) is 1. The first-order valence-corrected chi connectivity index (χ1v) is 7.19. The maximum Gasteiger partial charge on any atom is 0.124 e. The molecule has 2 aromatic carbocycles. The first-order valence-electron chi connectivity index (χ1n) is 6.11. The standard InChI is InChI=1S/C15H15FINO2/c1-20-12-5-2-10(3-6-12)15(19)9-18-14-7-4-11(16)8-13(14)17/h2-8,15,18-19H,9H2,1H3. The molecule has 2 aromatic rings. The Kier molecular flexibility index (Phi) is 5.19. The highest BCUT2D eigenvalue weighted by atomic mass is 127. The molecule has 3 nitrogen and oxygen atoms in total. The monoisotopic (exact) mass is 387 g/mol. The summed E-state index contributed by atoms with van der Waals surface area (Å²) in [6, 6.07) is 11.8. The van der Waals surface area contributed by atoms with E-state index in [4.69, 9.17) is 4.74 Å². The van der Waals surface area contributed by atoms with Crippen LogP contribution in [-0.2, 0) is 0 Å². The Morgan fingerprint density at radius 2 is 1.95 bits per heavy atom. The average Bonchev–Trinajstić information content (AvgIpc) is 2.46. The summed E-state index contributed by atoms with van der Waals surface area (Å²) in [7, 11) is 1.60. The number of aliphatic hydroxyl groups is 1. The Bertz CT molecular complexity index is 575. The van der Waals surface area contributed by atoms with Gasteiger partial charge in [-0.15, -0.1) is 0 Å². The van der Waals surface area contributed by atoms with E-state index in [0.717, 1.165) is 20.6 Å². The molecule has 0 amide bonds. The summed E-state index contributed by atoms with van der Waals surface area (Å²) in [4.78, 5) is 0. The molecule has 0 fully saturated rings. The van der Waals surface area contributed by atoms with Gasteiger partial charge in [0.2, 0.25) is 0 Å². The lowest BCUT2D eigenvalue weighted by molar-refractivity contribution is 0.191. The normalized spacial score (nSPS) is 12.0. The van der Waals surface area contributed by atoms with Gasteiger partial charge in [-0.1, -0.05) is 12.1 Å². The molecule has 0 aliphatic carbocycles. The fourth-order valence-electron chi connectivity index (χ4n) is 1.78. The minimum atomic E-state index is -0.637. The molecular formula is C15H15FINO2. The molecule has 2 rings (SSSR count).